The van der Waals surface area contributed by atoms with Crippen molar-refractivity contribution in [3.8, 4) is 11.8 Å². The van der Waals surface area contributed by atoms with Gasteiger partial charge >= 0.3 is 0 Å². The van der Waals surface area contributed by atoms with Crippen LogP contribution in [-0.2, 0) is 22.6 Å². The third-order valence-electron chi connectivity index (χ3n) is 8.50. The molecule has 0 saturated carbocycles. The highest BCUT2D eigenvalue weighted by Gasteiger charge is 2.33. The van der Waals surface area contributed by atoms with E-state index in [4.69, 9.17) is 4.74 Å². The second kappa shape index (κ2) is 14.5. The lowest BCUT2D eigenvalue weighted by atomic mass is 9.81. The number of nitriles is 1. The van der Waals surface area contributed by atoms with Crippen molar-refractivity contribution in [2.45, 2.75) is 37.8 Å². The molecule has 8 heteroatoms. The predicted octanol–water partition coefficient (Wildman–Crippen LogP) is 6.15. The van der Waals surface area contributed by atoms with Crippen LogP contribution >= 0.6 is 0 Å². The average molecular weight is 610 g/mol. The maximum atomic E-state index is 13.9. The number of nitrogens with zero attached hydrogens (tertiary/aromatic N) is 4. The molecule has 1 saturated heterocycles. The first-order valence-corrected chi connectivity index (χ1v) is 15.6. The van der Waals surface area contributed by atoms with E-state index in [0.29, 0.717) is 38.3 Å². The number of carbonyl (C=O) groups is 2. The SMILES string of the molecule is N#CC(c1cccnc1)C1CCN(C(=O)[C@H](NC(=O)Cc2cccc(OCc3ccc4ccccc4n3)c2)c2ccccc2)CC1. The summed E-state index contributed by atoms with van der Waals surface area (Å²) in [7, 11) is 0. The third kappa shape index (κ3) is 7.39. The molecule has 0 radical (unpaired) electrons. The van der Waals surface area contributed by atoms with Gasteiger partial charge in [0, 0.05) is 30.9 Å². The number of carbonyl (C=O) groups excluding carboxylic acids is 2. The standard InChI is InChI=1S/C38H35N5O3/c39-24-34(31-12-7-19-40-25-31)28-17-20-43(21-18-28)38(45)37(30-10-2-1-3-11-30)42-36(44)23-27-8-6-13-33(22-27)46-26-32-16-15-29-9-4-5-14-35(29)41-32/h1-16,19,22,25,28,34,37H,17-18,20-21,23,26H2,(H,42,44)/t34?,37-/m1/s1. The van der Waals surface area contributed by atoms with Gasteiger partial charge in [-0.15, -0.1) is 0 Å². The van der Waals surface area contributed by atoms with Crippen molar-refractivity contribution in [2.75, 3.05) is 13.1 Å². The molecule has 6 rings (SSSR count). The molecule has 1 fully saturated rings. The number of ether oxygens (including phenoxy) is 1. The van der Waals surface area contributed by atoms with Crippen molar-refractivity contribution in [2.24, 2.45) is 5.92 Å². The molecule has 230 valence electrons. The van der Waals surface area contributed by atoms with Crippen molar-refractivity contribution >= 4 is 22.7 Å². The zero-order chi connectivity index (χ0) is 31.7. The van der Waals surface area contributed by atoms with E-state index in [2.05, 4.69) is 21.4 Å². The van der Waals surface area contributed by atoms with E-state index in [1.54, 1.807) is 17.3 Å². The number of pyridine rings is 2. The number of piperidine rings is 1. The number of rotatable bonds is 10. The third-order valence-corrected chi connectivity index (χ3v) is 8.50. The molecule has 0 spiro atoms. The molecular weight excluding hydrogens is 574 g/mol. The smallest absolute Gasteiger partial charge is 0.249 e. The average Bonchev–Trinajstić information content (AvgIpc) is 3.11. The molecule has 1 aliphatic heterocycles. The molecule has 1 unspecified atom stereocenters. The molecule has 0 bridgehead atoms. The van der Waals surface area contributed by atoms with Gasteiger partial charge in [0.05, 0.1) is 29.6 Å². The number of fused-ring (bicyclic) bond motifs is 1. The summed E-state index contributed by atoms with van der Waals surface area (Å²) in [5.74, 6) is 0.105. The van der Waals surface area contributed by atoms with E-state index in [1.165, 1.54) is 0 Å². The van der Waals surface area contributed by atoms with Gasteiger partial charge in [0.15, 0.2) is 0 Å². The molecule has 1 N–H and O–H groups in total. The fourth-order valence-corrected chi connectivity index (χ4v) is 6.07. The molecule has 5 aromatic rings. The first-order chi connectivity index (χ1) is 22.6. The summed E-state index contributed by atoms with van der Waals surface area (Å²) >= 11 is 0. The number of amides is 2. The van der Waals surface area contributed by atoms with Crippen LogP contribution in [0.1, 0.15) is 47.2 Å². The maximum Gasteiger partial charge on any atom is 0.249 e. The zero-order valence-corrected chi connectivity index (χ0v) is 25.5. The normalized spacial score (nSPS) is 14.6. The van der Waals surface area contributed by atoms with Gasteiger partial charge in [-0.05, 0) is 65.8 Å². The Morgan fingerprint density at radius 1 is 0.913 bits per heavy atom. The largest absolute Gasteiger partial charge is 0.487 e. The topological polar surface area (TPSA) is 108 Å². The molecule has 2 amide bonds. The summed E-state index contributed by atoms with van der Waals surface area (Å²) < 4.78 is 6.01. The monoisotopic (exact) mass is 609 g/mol. The fourth-order valence-electron chi connectivity index (χ4n) is 6.07. The van der Waals surface area contributed by atoms with Gasteiger partial charge in [-0.25, -0.2) is 4.98 Å². The van der Waals surface area contributed by atoms with Crippen molar-refractivity contribution in [3.05, 3.63) is 138 Å². The fraction of sp³-hybridized carbons (Fsp3) is 0.237. The summed E-state index contributed by atoms with van der Waals surface area (Å²) in [5.41, 5.74) is 4.14. The van der Waals surface area contributed by atoms with Gasteiger partial charge in [-0.3, -0.25) is 14.6 Å². The number of para-hydroxylation sites is 1. The Balaban J connectivity index is 1.08. The molecule has 3 aromatic carbocycles. The van der Waals surface area contributed by atoms with E-state index in [0.717, 1.165) is 33.3 Å². The predicted molar refractivity (Wildman–Crippen MR) is 175 cm³/mol. The zero-order valence-electron chi connectivity index (χ0n) is 25.5. The van der Waals surface area contributed by atoms with Crippen LogP contribution in [0.2, 0.25) is 0 Å². The molecule has 1 aliphatic rings. The van der Waals surface area contributed by atoms with Crippen LogP contribution in [0.4, 0.5) is 0 Å². The lowest BCUT2D eigenvalue weighted by Gasteiger charge is -2.36. The summed E-state index contributed by atoms with van der Waals surface area (Å²) in [6.07, 6.45) is 4.95. The Hall–Kier alpha value is -5.55. The highest BCUT2D eigenvalue weighted by Crippen LogP contribution is 2.33. The highest BCUT2D eigenvalue weighted by molar-refractivity contribution is 5.89. The second-order valence-corrected chi connectivity index (χ2v) is 11.6. The highest BCUT2D eigenvalue weighted by atomic mass is 16.5. The van der Waals surface area contributed by atoms with Crippen LogP contribution in [-0.4, -0.2) is 39.8 Å². The Morgan fingerprint density at radius 3 is 2.48 bits per heavy atom. The molecule has 46 heavy (non-hydrogen) atoms. The summed E-state index contributed by atoms with van der Waals surface area (Å²) in [6, 6.07) is 34.1. The van der Waals surface area contributed by atoms with Gasteiger partial charge in [-0.1, -0.05) is 72.8 Å². The van der Waals surface area contributed by atoms with Crippen molar-refractivity contribution in [3.63, 3.8) is 0 Å². The summed E-state index contributed by atoms with van der Waals surface area (Å²) in [4.78, 5) is 37.9. The van der Waals surface area contributed by atoms with Crippen LogP contribution in [0, 0.1) is 17.2 Å². The van der Waals surface area contributed by atoms with E-state index in [1.807, 2.05) is 103 Å². The lowest BCUT2D eigenvalue weighted by Crippen LogP contribution is -2.46. The molecule has 0 aliphatic carbocycles. The van der Waals surface area contributed by atoms with Crippen molar-refractivity contribution < 1.29 is 14.3 Å². The van der Waals surface area contributed by atoms with Gasteiger partial charge in [-0.2, -0.15) is 5.26 Å². The summed E-state index contributed by atoms with van der Waals surface area (Å²) in [6.45, 7) is 1.35. The van der Waals surface area contributed by atoms with Crippen LogP contribution in [0.15, 0.2) is 116 Å². The van der Waals surface area contributed by atoms with Gasteiger partial charge in [0.25, 0.3) is 0 Å². The van der Waals surface area contributed by atoms with E-state index in [-0.39, 0.29) is 30.1 Å². The van der Waals surface area contributed by atoms with Gasteiger partial charge in [0.1, 0.15) is 18.4 Å². The minimum atomic E-state index is -0.811. The minimum absolute atomic E-state index is 0.0963. The van der Waals surface area contributed by atoms with Crippen LogP contribution in [0.25, 0.3) is 10.9 Å². The van der Waals surface area contributed by atoms with E-state index in [9.17, 15) is 14.9 Å². The van der Waals surface area contributed by atoms with Crippen molar-refractivity contribution in [1.29, 1.82) is 5.26 Å². The van der Waals surface area contributed by atoms with E-state index < -0.39 is 6.04 Å². The molecule has 8 nitrogen and oxygen atoms in total. The van der Waals surface area contributed by atoms with Crippen LogP contribution in [0.3, 0.4) is 0 Å². The number of aromatic nitrogens is 2. The Bertz CT molecular complexity index is 1830. The number of hydrogen-bond acceptors (Lipinski definition) is 6. The number of likely N-dealkylation sites (tertiary alicyclic amines) is 1. The molecule has 3 heterocycles. The first-order valence-electron chi connectivity index (χ1n) is 15.6. The number of benzene rings is 3. The van der Waals surface area contributed by atoms with Crippen LogP contribution in [0.5, 0.6) is 5.75 Å². The molecule has 2 aromatic heterocycles. The minimum Gasteiger partial charge on any atom is -0.487 e. The Kier molecular flexibility index (Phi) is 9.60. The number of hydrogen-bond donors (Lipinski definition) is 1. The second-order valence-electron chi connectivity index (χ2n) is 11.6. The lowest BCUT2D eigenvalue weighted by molar-refractivity contribution is -0.137. The Morgan fingerprint density at radius 2 is 1.70 bits per heavy atom. The maximum absolute atomic E-state index is 13.9. The first kappa shape index (κ1) is 30.5. The molecular formula is C38H35N5O3. The van der Waals surface area contributed by atoms with Gasteiger partial charge < -0.3 is 15.0 Å². The molecule has 2 atom stereocenters. The Labute approximate surface area is 268 Å². The number of nitrogens with one attached hydrogen (secondary N) is 1. The summed E-state index contributed by atoms with van der Waals surface area (Å²) in [5, 5.41) is 14.0. The van der Waals surface area contributed by atoms with E-state index >= 15 is 0 Å². The van der Waals surface area contributed by atoms with Crippen LogP contribution < -0.4 is 10.1 Å². The quantitative estimate of drug-likeness (QED) is 0.203. The van der Waals surface area contributed by atoms with Crippen molar-refractivity contribution in [1.82, 2.24) is 20.2 Å². The van der Waals surface area contributed by atoms with Gasteiger partial charge in [0.2, 0.25) is 11.8 Å².